The summed E-state index contributed by atoms with van der Waals surface area (Å²) >= 11 is 1.43. The topological polar surface area (TPSA) is 72.7 Å². The van der Waals surface area contributed by atoms with Crippen molar-refractivity contribution in [2.45, 2.75) is 76.0 Å². The molecule has 0 spiro atoms. The number of nitrogens with zero attached hydrogens (tertiary/aromatic N) is 4. The molecule has 0 radical (unpaired) electrons. The first kappa shape index (κ1) is 16.3. The maximum atomic E-state index is 11.9. The van der Waals surface area contributed by atoms with Crippen molar-refractivity contribution in [2.24, 2.45) is 0 Å². The summed E-state index contributed by atoms with van der Waals surface area (Å²) in [5.74, 6) is 0.431. The fourth-order valence-corrected chi connectivity index (χ4v) is 3.54. The van der Waals surface area contributed by atoms with E-state index in [1.807, 2.05) is 11.6 Å². The Kier molecular flexibility index (Phi) is 6.48. The van der Waals surface area contributed by atoms with Gasteiger partial charge in [0.1, 0.15) is 0 Å². The van der Waals surface area contributed by atoms with E-state index >= 15 is 0 Å². The molecule has 1 atom stereocenters. The number of hydrogen-bond donors (Lipinski definition) is 1. The highest BCUT2D eigenvalue weighted by atomic mass is 32.2. The smallest absolute Gasteiger partial charge is 0.230 e. The first-order valence-electron chi connectivity index (χ1n) is 7.90. The molecule has 0 aliphatic heterocycles. The summed E-state index contributed by atoms with van der Waals surface area (Å²) in [7, 11) is 0. The highest BCUT2D eigenvalue weighted by Gasteiger charge is 2.20. The number of hydrogen-bond acceptors (Lipinski definition) is 5. The third-order valence-electron chi connectivity index (χ3n) is 3.84. The zero-order valence-corrected chi connectivity index (χ0v) is 13.7. The van der Waals surface area contributed by atoms with Gasteiger partial charge in [-0.05, 0) is 36.6 Å². The summed E-state index contributed by atoms with van der Waals surface area (Å²) < 4.78 is 1.91. The van der Waals surface area contributed by atoms with Gasteiger partial charge >= 0.3 is 0 Å². The molecule has 2 rings (SSSR count). The molecule has 0 aromatic carbocycles. The Morgan fingerprint density at radius 3 is 2.90 bits per heavy atom. The van der Waals surface area contributed by atoms with E-state index < -0.39 is 0 Å². The van der Waals surface area contributed by atoms with Crippen molar-refractivity contribution in [3.63, 3.8) is 0 Å². The minimum atomic E-state index is 0.0548. The van der Waals surface area contributed by atoms with Gasteiger partial charge in [-0.15, -0.1) is 5.10 Å². The molecule has 1 unspecified atom stereocenters. The SMILES string of the molecule is CCCC(C)NC(=O)CSc1nnnn1C1CCCCC1. The van der Waals surface area contributed by atoms with Gasteiger partial charge < -0.3 is 5.32 Å². The molecule has 1 N–H and O–H groups in total. The standard InChI is InChI=1S/C14H25N5OS/c1-3-7-11(2)15-13(20)10-21-14-16-17-18-19(14)12-8-5-4-6-9-12/h11-12H,3-10H2,1-2H3,(H,15,20). The molecule has 1 aromatic rings. The molecule has 1 saturated carbocycles. The lowest BCUT2D eigenvalue weighted by molar-refractivity contribution is -0.119. The van der Waals surface area contributed by atoms with Crippen LogP contribution in [0.4, 0.5) is 0 Å². The number of thioether (sulfide) groups is 1. The van der Waals surface area contributed by atoms with E-state index in [0.717, 1.165) is 30.8 Å². The first-order valence-corrected chi connectivity index (χ1v) is 8.89. The zero-order valence-electron chi connectivity index (χ0n) is 12.9. The van der Waals surface area contributed by atoms with E-state index in [9.17, 15) is 4.79 Å². The number of rotatable bonds is 7. The Labute approximate surface area is 130 Å². The fourth-order valence-electron chi connectivity index (χ4n) is 2.79. The number of nitrogens with one attached hydrogen (secondary N) is 1. The zero-order chi connectivity index (χ0) is 15.1. The van der Waals surface area contributed by atoms with Crippen LogP contribution in [0.25, 0.3) is 0 Å². The molecule has 6 nitrogen and oxygen atoms in total. The molecule has 0 saturated heterocycles. The maximum absolute atomic E-state index is 11.9. The van der Waals surface area contributed by atoms with E-state index in [4.69, 9.17) is 0 Å². The summed E-state index contributed by atoms with van der Waals surface area (Å²) in [6, 6.07) is 0.635. The second kappa shape index (κ2) is 8.36. The van der Waals surface area contributed by atoms with Crippen molar-refractivity contribution in [3.05, 3.63) is 0 Å². The summed E-state index contributed by atoms with van der Waals surface area (Å²) in [6.07, 6.45) is 8.15. The lowest BCUT2D eigenvalue weighted by Gasteiger charge is -2.22. The van der Waals surface area contributed by atoms with Crippen LogP contribution in [-0.4, -0.2) is 37.9 Å². The predicted molar refractivity (Wildman–Crippen MR) is 83.2 cm³/mol. The molecular formula is C14H25N5OS. The van der Waals surface area contributed by atoms with Crippen LogP contribution in [0.5, 0.6) is 0 Å². The molecule has 1 aromatic heterocycles. The van der Waals surface area contributed by atoms with Gasteiger partial charge in [0.15, 0.2) is 0 Å². The fraction of sp³-hybridized carbons (Fsp3) is 0.857. The second-order valence-electron chi connectivity index (χ2n) is 5.74. The normalized spacial score (nSPS) is 17.6. The van der Waals surface area contributed by atoms with E-state index in [-0.39, 0.29) is 11.9 Å². The van der Waals surface area contributed by atoms with Crippen LogP contribution in [0.3, 0.4) is 0 Å². The van der Waals surface area contributed by atoms with Gasteiger partial charge in [0.05, 0.1) is 11.8 Å². The van der Waals surface area contributed by atoms with Gasteiger partial charge in [0.25, 0.3) is 0 Å². The number of aromatic nitrogens is 4. The maximum Gasteiger partial charge on any atom is 0.230 e. The third kappa shape index (κ3) is 4.98. The summed E-state index contributed by atoms with van der Waals surface area (Å²) in [6.45, 7) is 4.16. The summed E-state index contributed by atoms with van der Waals surface area (Å²) in [4.78, 5) is 11.9. The van der Waals surface area contributed by atoms with Gasteiger partial charge in [0, 0.05) is 6.04 Å². The Morgan fingerprint density at radius 1 is 1.43 bits per heavy atom. The van der Waals surface area contributed by atoms with Crippen molar-refractivity contribution in [1.29, 1.82) is 0 Å². The van der Waals surface area contributed by atoms with E-state index in [1.165, 1.54) is 31.0 Å². The van der Waals surface area contributed by atoms with Gasteiger partial charge in [-0.3, -0.25) is 4.79 Å². The molecule has 21 heavy (non-hydrogen) atoms. The van der Waals surface area contributed by atoms with Gasteiger partial charge in [-0.2, -0.15) is 0 Å². The minimum absolute atomic E-state index is 0.0548. The molecule has 1 aliphatic rings. The van der Waals surface area contributed by atoms with Crippen molar-refractivity contribution < 1.29 is 4.79 Å². The number of carbonyl (C=O) groups is 1. The van der Waals surface area contributed by atoms with Crippen molar-refractivity contribution in [2.75, 3.05) is 5.75 Å². The van der Waals surface area contributed by atoms with Crippen LogP contribution in [0, 0.1) is 0 Å². The lowest BCUT2D eigenvalue weighted by Crippen LogP contribution is -2.33. The first-order chi connectivity index (χ1) is 10.2. The van der Waals surface area contributed by atoms with Gasteiger partial charge in [-0.25, -0.2) is 4.68 Å². The average Bonchev–Trinajstić information content (AvgIpc) is 2.94. The Hall–Kier alpha value is -1.11. The minimum Gasteiger partial charge on any atom is -0.353 e. The predicted octanol–water partition coefficient (Wildman–Crippen LogP) is 2.58. The van der Waals surface area contributed by atoms with Crippen LogP contribution < -0.4 is 5.32 Å². The van der Waals surface area contributed by atoms with E-state index in [0.29, 0.717) is 11.8 Å². The van der Waals surface area contributed by atoms with Gasteiger partial charge in [-0.1, -0.05) is 44.4 Å². The molecule has 7 heteroatoms. The molecule has 118 valence electrons. The highest BCUT2D eigenvalue weighted by molar-refractivity contribution is 7.99. The lowest BCUT2D eigenvalue weighted by atomic mass is 9.96. The Balaban J connectivity index is 1.83. The van der Waals surface area contributed by atoms with Crippen LogP contribution in [0.2, 0.25) is 0 Å². The second-order valence-corrected chi connectivity index (χ2v) is 6.69. The van der Waals surface area contributed by atoms with Crippen molar-refractivity contribution in [3.8, 4) is 0 Å². The van der Waals surface area contributed by atoms with Crippen LogP contribution in [0.1, 0.15) is 64.8 Å². The largest absolute Gasteiger partial charge is 0.353 e. The number of amides is 1. The monoisotopic (exact) mass is 311 g/mol. The molecular weight excluding hydrogens is 286 g/mol. The quantitative estimate of drug-likeness (QED) is 0.784. The molecule has 1 amide bonds. The highest BCUT2D eigenvalue weighted by Crippen LogP contribution is 2.30. The van der Waals surface area contributed by atoms with Gasteiger partial charge in [0.2, 0.25) is 11.1 Å². The Morgan fingerprint density at radius 2 is 2.19 bits per heavy atom. The summed E-state index contributed by atoms with van der Waals surface area (Å²) in [5.41, 5.74) is 0. The van der Waals surface area contributed by atoms with Crippen LogP contribution in [-0.2, 0) is 4.79 Å². The summed E-state index contributed by atoms with van der Waals surface area (Å²) in [5, 5.41) is 15.7. The van der Waals surface area contributed by atoms with Crippen molar-refractivity contribution >= 4 is 17.7 Å². The van der Waals surface area contributed by atoms with Crippen molar-refractivity contribution in [1.82, 2.24) is 25.5 Å². The van der Waals surface area contributed by atoms with E-state index in [1.54, 1.807) is 0 Å². The number of carbonyl (C=O) groups excluding carboxylic acids is 1. The number of tetrazole rings is 1. The molecule has 1 heterocycles. The molecule has 0 bridgehead atoms. The average molecular weight is 311 g/mol. The van der Waals surface area contributed by atoms with Crippen LogP contribution >= 0.6 is 11.8 Å². The third-order valence-corrected chi connectivity index (χ3v) is 4.78. The van der Waals surface area contributed by atoms with E-state index in [2.05, 4.69) is 27.8 Å². The van der Waals surface area contributed by atoms with Crippen LogP contribution in [0.15, 0.2) is 5.16 Å². The Bertz CT molecular complexity index is 444. The molecule has 1 aliphatic carbocycles. The molecule has 1 fully saturated rings.